The van der Waals surface area contributed by atoms with Gasteiger partial charge in [0.15, 0.2) is 0 Å². The summed E-state index contributed by atoms with van der Waals surface area (Å²) in [5.74, 6) is 0.307. The lowest BCUT2D eigenvalue weighted by atomic mass is 10.2. The molecule has 0 aromatic heterocycles. The van der Waals surface area contributed by atoms with E-state index in [2.05, 4.69) is 0 Å². The Labute approximate surface area is 82.9 Å². The van der Waals surface area contributed by atoms with Gasteiger partial charge in [-0.3, -0.25) is 0 Å². The Morgan fingerprint density at radius 3 is 2.71 bits per heavy atom. The second-order valence-electron chi connectivity index (χ2n) is 4.12. The summed E-state index contributed by atoms with van der Waals surface area (Å²) in [5.41, 5.74) is 6.56. The largest absolute Gasteiger partial charge is 0.492 e. The van der Waals surface area contributed by atoms with E-state index in [-0.39, 0.29) is 11.4 Å². The summed E-state index contributed by atoms with van der Waals surface area (Å²) in [4.78, 5) is 0. The van der Waals surface area contributed by atoms with Crippen LogP contribution in [0.15, 0.2) is 18.2 Å². The van der Waals surface area contributed by atoms with Crippen LogP contribution in [0, 0.1) is 12.7 Å². The molecule has 0 amide bonds. The Hall–Kier alpha value is -1.09. The predicted octanol–water partition coefficient (Wildman–Crippen LogP) is 2.00. The van der Waals surface area contributed by atoms with Crippen LogP contribution in [0.1, 0.15) is 18.4 Å². The molecule has 2 nitrogen and oxygen atoms in total. The maximum atomic E-state index is 13.0. The first-order valence-corrected chi connectivity index (χ1v) is 4.76. The molecule has 0 spiro atoms. The fourth-order valence-electron chi connectivity index (χ4n) is 1.32. The van der Waals surface area contributed by atoms with Crippen molar-refractivity contribution in [2.45, 2.75) is 25.3 Å². The van der Waals surface area contributed by atoms with E-state index >= 15 is 0 Å². The summed E-state index contributed by atoms with van der Waals surface area (Å²) in [6.07, 6.45) is 2.00. The summed E-state index contributed by atoms with van der Waals surface area (Å²) < 4.78 is 18.4. The molecule has 1 aliphatic rings. The van der Waals surface area contributed by atoms with Gasteiger partial charge < -0.3 is 10.5 Å². The molecule has 0 atom stereocenters. The van der Waals surface area contributed by atoms with Crippen molar-refractivity contribution in [1.29, 1.82) is 0 Å². The zero-order chi connectivity index (χ0) is 10.2. The van der Waals surface area contributed by atoms with E-state index in [0.717, 1.165) is 18.4 Å². The molecule has 2 N–H and O–H groups in total. The van der Waals surface area contributed by atoms with E-state index in [1.807, 2.05) is 13.0 Å². The van der Waals surface area contributed by atoms with Crippen LogP contribution >= 0.6 is 0 Å². The highest BCUT2D eigenvalue weighted by molar-refractivity contribution is 5.28. The Morgan fingerprint density at radius 1 is 1.43 bits per heavy atom. The highest BCUT2D eigenvalue weighted by atomic mass is 19.1. The van der Waals surface area contributed by atoms with Crippen molar-refractivity contribution in [3.05, 3.63) is 29.6 Å². The third kappa shape index (κ3) is 2.23. The van der Waals surface area contributed by atoms with E-state index in [4.69, 9.17) is 10.5 Å². The third-order valence-corrected chi connectivity index (χ3v) is 2.43. The molecule has 1 fully saturated rings. The van der Waals surface area contributed by atoms with Crippen LogP contribution in [0.25, 0.3) is 0 Å². The van der Waals surface area contributed by atoms with Gasteiger partial charge in [0.25, 0.3) is 0 Å². The normalized spacial score (nSPS) is 17.9. The minimum Gasteiger partial charge on any atom is -0.492 e. The molecule has 2 rings (SSSR count). The second-order valence-corrected chi connectivity index (χ2v) is 4.12. The fourth-order valence-corrected chi connectivity index (χ4v) is 1.32. The molecule has 0 unspecified atom stereocenters. The lowest BCUT2D eigenvalue weighted by Gasteiger charge is -2.11. The number of rotatable bonds is 3. The molecule has 3 heteroatoms. The van der Waals surface area contributed by atoms with Crippen LogP contribution in [0.5, 0.6) is 5.75 Å². The number of aryl methyl sites for hydroxylation is 1. The summed E-state index contributed by atoms with van der Waals surface area (Å²) in [5, 5.41) is 0. The van der Waals surface area contributed by atoms with Gasteiger partial charge in [0.1, 0.15) is 18.2 Å². The fraction of sp³-hybridized carbons (Fsp3) is 0.455. The first-order chi connectivity index (χ1) is 6.57. The minimum absolute atomic E-state index is 0.153. The van der Waals surface area contributed by atoms with Gasteiger partial charge in [0, 0.05) is 6.07 Å². The molecule has 76 valence electrons. The van der Waals surface area contributed by atoms with Crippen LogP contribution < -0.4 is 10.5 Å². The Morgan fingerprint density at radius 2 is 2.14 bits per heavy atom. The highest BCUT2D eigenvalue weighted by Crippen LogP contribution is 2.32. The van der Waals surface area contributed by atoms with Crippen LogP contribution in [-0.4, -0.2) is 12.1 Å². The van der Waals surface area contributed by atoms with Gasteiger partial charge in [-0.1, -0.05) is 0 Å². The Balaban J connectivity index is 2.01. The molecule has 1 aliphatic carbocycles. The molecule has 0 bridgehead atoms. The smallest absolute Gasteiger partial charge is 0.127 e. The van der Waals surface area contributed by atoms with Gasteiger partial charge in [-0.05, 0) is 37.5 Å². The third-order valence-electron chi connectivity index (χ3n) is 2.43. The number of nitrogens with two attached hydrogens (primary N) is 1. The van der Waals surface area contributed by atoms with Crippen molar-refractivity contribution in [2.75, 3.05) is 6.61 Å². The van der Waals surface area contributed by atoms with Gasteiger partial charge in [0.2, 0.25) is 0 Å². The zero-order valence-corrected chi connectivity index (χ0v) is 8.22. The summed E-state index contributed by atoms with van der Waals surface area (Å²) >= 11 is 0. The number of hydrogen-bond donors (Lipinski definition) is 1. The SMILES string of the molecule is Cc1cc(F)cc(OCC2(N)CC2)c1. The van der Waals surface area contributed by atoms with E-state index in [0.29, 0.717) is 12.4 Å². The maximum absolute atomic E-state index is 13.0. The van der Waals surface area contributed by atoms with E-state index in [1.165, 1.54) is 12.1 Å². The first kappa shape index (κ1) is 9.46. The average molecular weight is 195 g/mol. The lowest BCUT2D eigenvalue weighted by Crippen LogP contribution is -2.29. The first-order valence-electron chi connectivity index (χ1n) is 4.76. The van der Waals surface area contributed by atoms with Crippen LogP contribution in [0.4, 0.5) is 4.39 Å². The van der Waals surface area contributed by atoms with E-state index in [9.17, 15) is 4.39 Å². The van der Waals surface area contributed by atoms with Crippen LogP contribution in [-0.2, 0) is 0 Å². The molecular formula is C11H14FNO. The number of ether oxygens (including phenoxy) is 1. The van der Waals surface area contributed by atoms with Gasteiger partial charge in [-0.2, -0.15) is 0 Å². The standard InChI is InChI=1S/C11H14FNO/c1-8-4-9(12)6-10(5-8)14-7-11(13)2-3-11/h4-6H,2-3,7,13H2,1H3. The van der Waals surface area contributed by atoms with Gasteiger partial charge >= 0.3 is 0 Å². The number of benzene rings is 1. The summed E-state index contributed by atoms with van der Waals surface area (Å²) in [6, 6.07) is 4.68. The second kappa shape index (κ2) is 3.24. The van der Waals surface area contributed by atoms with Crippen LogP contribution in [0.2, 0.25) is 0 Å². The van der Waals surface area contributed by atoms with Crippen molar-refractivity contribution in [3.8, 4) is 5.75 Å². The van der Waals surface area contributed by atoms with Crippen molar-refractivity contribution in [2.24, 2.45) is 5.73 Å². The minimum atomic E-state index is -0.262. The maximum Gasteiger partial charge on any atom is 0.127 e. The van der Waals surface area contributed by atoms with Gasteiger partial charge in [0.05, 0.1) is 5.54 Å². The molecule has 1 saturated carbocycles. The topological polar surface area (TPSA) is 35.2 Å². The number of hydrogen-bond acceptors (Lipinski definition) is 2. The van der Waals surface area contributed by atoms with Crippen molar-refractivity contribution in [3.63, 3.8) is 0 Å². The van der Waals surface area contributed by atoms with Crippen molar-refractivity contribution >= 4 is 0 Å². The van der Waals surface area contributed by atoms with Gasteiger partial charge in [-0.25, -0.2) is 4.39 Å². The molecule has 1 aromatic rings. The van der Waals surface area contributed by atoms with Crippen molar-refractivity contribution in [1.82, 2.24) is 0 Å². The summed E-state index contributed by atoms with van der Waals surface area (Å²) in [7, 11) is 0. The van der Waals surface area contributed by atoms with Crippen LogP contribution in [0.3, 0.4) is 0 Å². The van der Waals surface area contributed by atoms with E-state index < -0.39 is 0 Å². The van der Waals surface area contributed by atoms with E-state index in [1.54, 1.807) is 0 Å². The number of halogens is 1. The molecule has 0 heterocycles. The molecule has 14 heavy (non-hydrogen) atoms. The Bertz CT molecular complexity index is 327. The molecule has 0 saturated heterocycles. The zero-order valence-electron chi connectivity index (χ0n) is 8.22. The average Bonchev–Trinajstić information content (AvgIpc) is 2.80. The lowest BCUT2D eigenvalue weighted by molar-refractivity contribution is 0.278. The quantitative estimate of drug-likeness (QED) is 0.800. The monoisotopic (exact) mass is 195 g/mol. The van der Waals surface area contributed by atoms with Crippen molar-refractivity contribution < 1.29 is 9.13 Å². The molecule has 0 radical (unpaired) electrons. The molecule has 1 aromatic carbocycles. The Kier molecular flexibility index (Phi) is 2.19. The molecule has 0 aliphatic heterocycles. The summed E-state index contributed by atoms with van der Waals surface area (Å²) in [6.45, 7) is 2.32. The molecular weight excluding hydrogens is 181 g/mol. The highest BCUT2D eigenvalue weighted by Gasteiger charge is 2.39. The van der Waals surface area contributed by atoms with Gasteiger partial charge in [-0.15, -0.1) is 0 Å². The predicted molar refractivity (Wildman–Crippen MR) is 52.8 cm³/mol.